The quantitative estimate of drug-likeness (QED) is 0.0731. The van der Waals surface area contributed by atoms with Crippen molar-refractivity contribution < 1.29 is 14.3 Å². The van der Waals surface area contributed by atoms with Gasteiger partial charge in [0, 0.05) is 12.4 Å². The van der Waals surface area contributed by atoms with Crippen molar-refractivity contribution in [3.05, 3.63) is 78.6 Å². The Morgan fingerprint density at radius 2 is 1.13 bits per heavy atom. The lowest BCUT2D eigenvalue weighted by Gasteiger charge is -2.08. The summed E-state index contributed by atoms with van der Waals surface area (Å²) in [6, 6.07) is 17.5. The Morgan fingerprint density at radius 1 is 0.632 bits per heavy atom. The highest BCUT2D eigenvalue weighted by atomic mass is 16.5. The molecule has 3 aromatic rings. The zero-order valence-electron chi connectivity index (χ0n) is 22.7. The molecule has 38 heavy (non-hydrogen) atoms. The molecule has 202 valence electrons. The van der Waals surface area contributed by atoms with Gasteiger partial charge in [0.15, 0.2) is 0 Å². The molecule has 0 atom stereocenters. The molecule has 0 amide bonds. The van der Waals surface area contributed by atoms with Crippen LogP contribution < -0.4 is 9.47 Å². The minimum Gasteiger partial charge on any atom is -0.494 e. The maximum atomic E-state index is 12.5. The number of nitrogens with zero attached hydrogens (tertiary/aromatic N) is 3. The first-order chi connectivity index (χ1) is 18.7. The van der Waals surface area contributed by atoms with Gasteiger partial charge in [0.25, 0.3) is 0 Å². The lowest BCUT2D eigenvalue weighted by molar-refractivity contribution is 0.0734. The first-order valence-electron chi connectivity index (χ1n) is 14.1. The number of pyridine rings is 1. The van der Waals surface area contributed by atoms with E-state index in [1.54, 1.807) is 60.9 Å². The van der Waals surface area contributed by atoms with Crippen LogP contribution in [0.5, 0.6) is 11.5 Å². The summed E-state index contributed by atoms with van der Waals surface area (Å²) >= 11 is 0. The number of ether oxygens (including phenoxy) is 2. The number of carbonyl (C=O) groups is 1. The van der Waals surface area contributed by atoms with Crippen LogP contribution in [0.1, 0.15) is 94.3 Å². The highest BCUT2D eigenvalue weighted by molar-refractivity contribution is 5.91. The molecule has 2 aromatic carbocycles. The number of benzene rings is 2. The van der Waals surface area contributed by atoms with Gasteiger partial charge in [-0.15, -0.1) is 0 Å². The minimum atomic E-state index is -0.413. The van der Waals surface area contributed by atoms with Gasteiger partial charge in [-0.05, 0) is 67.1 Å². The molecule has 0 spiro atoms. The first kappa shape index (κ1) is 29.0. The number of carbonyl (C=O) groups excluding carboxylic acids is 1. The normalized spacial score (nSPS) is 11.1. The van der Waals surface area contributed by atoms with Crippen LogP contribution in [-0.2, 0) is 0 Å². The second-order valence-electron chi connectivity index (χ2n) is 9.55. The van der Waals surface area contributed by atoms with E-state index < -0.39 is 5.97 Å². The lowest BCUT2D eigenvalue weighted by atomic mass is 10.1. The second-order valence-corrected chi connectivity index (χ2v) is 9.55. The summed E-state index contributed by atoms with van der Waals surface area (Å²) < 4.78 is 11.3. The van der Waals surface area contributed by atoms with E-state index in [2.05, 4.69) is 22.1 Å². The Kier molecular flexibility index (Phi) is 13.6. The number of hydrogen-bond donors (Lipinski definition) is 0. The number of unbranched alkanes of at least 4 members (excludes halogenated alkanes) is 11. The Hall–Kier alpha value is -3.54. The first-order valence-corrected chi connectivity index (χ1v) is 14.1. The van der Waals surface area contributed by atoms with Crippen molar-refractivity contribution in [2.45, 2.75) is 84.0 Å². The summed E-state index contributed by atoms with van der Waals surface area (Å²) in [6.07, 6.45) is 19.2. The third kappa shape index (κ3) is 11.7. The number of hydrogen-bond acceptors (Lipinski definition) is 6. The molecule has 0 saturated carbocycles. The molecule has 0 unspecified atom stereocenters. The zero-order valence-corrected chi connectivity index (χ0v) is 22.7. The van der Waals surface area contributed by atoms with Gasteiger partial charge in [0.2, 0.25) is 0 Å². The van der Waals surface area contributed by atoms with Gasteiger partial charge in [-0.3, -0.25) is 4.98 Å². The largest absolute Gasteiger partial charge is 0.494 e. The van der Waals surface area contributed by atoms with Crippen LogP contribution in [-0.4, -0.2) is 17.6 Å². The molecule has 6 heteroatoms. The fraction of sp³-hybridized carbons (Fsp3) is 0.438. The van der Waals surface area contributed by atoms with Crippen molar-refractivity contribution >= 4 is 17.3 Å². The van der Waals surface area contributed by atoms with Crippen molar-refractivity contribution in [3.63, 3.8) is 0 Å². The predicted molar refractivity (Wildman–Crippen MR) is 153 cm³/mol. The molecular formula is C32H41N3O3. The summed E-state index contributed by atoms with van der Waals surface area (Å²) in [6.45, 7) is 2.97. The van der Waals surface area contributed by atoms with E-state index in [-0.39, 0.29) is 0 Å². The van der Waals surface area contributed by atoms with Gasteiger partial charge in [-0.25, -0.2) is 4.79 Å². The highest BCUT2D eigenvalue weighted by Gasteiger charge is 2.09. The minimum absolute atomic E-state index is 0.413. The van der Waals surface area contributed by atoms with E-state index in [1.807, 2.05) is 12.1 Å². The van der Waals surface area contributed by atoms with Crippen molar-refractivity contribution in [1.82, 2.24) is 4.98 Å². The Labute approximate surface area is 227 Å². The van der Waals surface area contributed by atoms with Crippen LogP contribution >= 0.6 is 0 Å². The highest BCUT2D eigenvalue weighted by Crippen LogP contribution is 2.22. The summed E-state index contributed by atoms with van der Waals surface area (Å²) in [5.41, 5.74) is 1.86. The number of rotatable bonds is 18. The summed E-state index contributed by atoms with van der Waals surface area (Å²) in [7, 11) is 0. The Morgan fingerprint density at radius 3 is 1.71 bits per heavy atom. The lowest BCUT2D eigenvalue weighted by Crippen LogP contribution is -2.08. The van der Waals surface area contributed by atoms with E-state index in [9.17, 15) is 4.79 Å². The molecule has 0 bridgehead atoms. The average Bonchev–Trinajstić information content (AvgIpc) is 2.96. The second kappa shape index (κ2) is 17.8. The van der Waals surface area contributed by atoms with E-state index >= 15 is 0 Å². The fourth-order valence-electron chi connectivity index (χ4n) is 4.09. The van der Waals surface area contributed by atoms with E-state index in [0.717, 1.165) is 17.9 Å². The predicted octanol–water partition coefficient (Wildman–Crippen LogP) is 9.80. The molecule has 0 N–H and O–H groups in total. The number of azo groups is 1. The van der Waals surface area contributed by atoms with Gasteiger partial charge in [-0.2, -0.15) is 10.2 Å². The summed E-state index contributed by atoms with van der Waals surface area (Å²) in [5.74, 6) is 0.808. The van der Waals surface area contributed by atoms with Gasteiger partial charge < -0.3 is 9.47 Å². The maximum Gasteiger partial charge on any atom is 0.343 e. The van der Waals surface area contributed by atoms with Gasteiger partial charge in [0.05, 0.1) is 23.5 Å². The molecule has 1 aromatic heterocycles. The fourth-order valence-corrected chi connectivity index (χ4v) is 4.09. The standard InChI is InChI=1S/C32H41N3O3/c1-2-3-4-5-6-7-8-9-10-11-12-13-26-37-30-18-14-27(15-19-30)32(36)38-31-20-16-28(17-21-31)34-35-29-22-24-33-25-23-29/h14-25H,2-13,26H2,1H3. The average molecular weight is 516 g/mol. The molecule has 0 radical (unpaired) electrons. The van der Waals surface area contributed by atoms with E-state index in [4.69, 9.17) is 9.47 Å². The monoisotopic (exact) mass is 515 g/mol. The maximum absolute atomic E-state index is 12.5. The summed E-state index contributed by atoms with van der Waals surface area (Å²) in [4.78, 5) is 16.4. The Balaban J connectivity index is 1.27. The van der Waals surface area contributed by atoms with Crippen LogP contribution in [0.2, 0.25) is 0 Å². The molecule has 0 fully saturated rings. The van der Waals surface area contributed by atoms with E-state index in [1.165, 1.54) is 70.6 Å². The van der Waals surface area contributed by atoms with E-state index in [0.29, 0.717) is 23.6 Å². The molecule has 0 aliphatic heterocycles. The summed E-state index contributed by atoms with van der Waals surface area (Å²) in [5, 5.41) is 8.32. The van der Waals surface area contributed by atoms with Gasteiger partial charge >= 0.3 is 5.97 Å². The van der Waals surface area contributed by atoms with Crippen LogP contribution in [0.3, 0.4) is 0 Å². The Bertz CT molecular complexity index is 1070. The molecule has 0 aliphatic rings. The topological polar surface area (TPSA) is 73.1 Å². The van der Waals surface area contributed by atoms with Crippen molar-refractivity contribution in [2.24, 2.45) is 10.2 Å². The van der Waals surface area contributed by atoms with Crippen molar-refractivity contribution in [2.75, 3.05) is 6.61 Å². The van der Waals surface area contributed by atoms with Crippen LogP contribution in [0.25, 0.3) is 0 Å². The third-order valence-electron chi connectivity index (χ3n) is 6.35. The van der Waals surface area contributed by atoms with Crippen molar-refractivity contribution in [3.8, 4) is 11.5 Å². The molecule has 0 saturated heterocycles. The smallest absolute Gasteiger partial charge is 0.343 e. The molecule has 6 nitrogen and oxygen atoms in total. The zero-order chi connectivity index (χ0) is 26.7. The van der Waals surface area contributed by atoms with Crippen LogP contribution in [0.4, 0.5) is 11.4 Å². The van der Waals surface area contributed by atoms with Crippen molar-refractivity contribution in [1.29, 1.82) is 0 Å². The molecule has 1 heterocycles. The molecule has 3 rings (SSSR count). The van der Waals surface area contributed by atoms with Gasteiger partial charge in [-0.1, -0.05) is 77.6 Å². The van der Waals surface area contributed by atoms with Gasteiger partial charge in [0.1, 0.15) is 11.5 Å². The SMILES string of the molecule is CCCCCCCCCCCCCCOc1ccc(C(=O)Oc2ccc(N=Nc3ccncc3)cc2)cc1. The number of aromatic nitrogens is 1. The number of esters is 1. The molecular weight excluding hydrogens is 474 g/mol. The molecule has 0 aliphatic carbocycles. The van der Waals surface area contributed by atoms with Crippen LogP contribution in [0.15, 0.2) is 83.3 Å². The third-order valence-corrected chi connectivity index (χ3v) is 6.35. The van der Waals surface area contributed by atoms with Crippen LogP contribution in [0, 0.1) is 0 Å².